The zero-order chi connectivity index (χ0) is 22.3. The molecule has 0 spiro atoms. The minimum atomic E-state index is -0.248. The zero-order valence-electron chi connectivity index (χ0n) is 17.6. The van der Waals surface area contributed by atoms with Gasteiger partial charge in [-0.25, -0.2) is 0 Å². The van der Waals surface area contributed by atoms with Gasteiger partial charge < -0.3 is 10.1 Å². The predicted octanol–water partition coefficient (Wildman–Crippen LogP) is 5.43. The Kier molecular flexibility index (Phi) is 6.37. The molecule has 1 heterocycles. The average Bonchev–Trinajstić information content (AvgIpc) is 2.85. The molecule has 4 aromatic rings. The van der Waals surface area contributed by atoms with Crippen LogP contribution < -0.4 is 10.1 Å². The van der Waals surface area contributed by atoms with Crippen molar-refractivity contribution >= 4 is 17.4 Å². The van der Waals surface area contributed by atoms with E-state index < -0.39 is 0 Å². The van der Waals surface area contributed by atoms with Crippen molar-refractivity contribution in [3.8, 4) is 16.9 Å². The van der Waals surface area contributed by atoms with Gasteiger partial charge in [0, 0.05) is 30.1 Å². The van der Waals surface area contributed by atoms with Gasteiger partial charge in [-0.3, -0.25) is 14.6 Å². The summed E-state index contributed by atoms with van der Waals surface area (Å²) < 4.78 is 5.36. The number of amides is 1. The molecular formula is C27H22N2O3. The van der Waals surface area contributed by atoms with Crippen molar-refractivity contribution in [2.45, 2.75) is 6.42 Å². The van der Waals surface area contributed by atoms with E-state index in [1.54, 1.807) is 54.9 Å². The molecule has 158 valence electrons. The SMILES string of the molecule is COc1ccc(NC(=O)c2ccc(-c3ccccc3)cc2)cc1C(=O)Cc1ccncc1. The third kappa shape index (κ3) is 4.90. The topological polar surface area (TPSA) is 68.3 Å². The molecule has 4 rings (SSSR count). The van der Waals surface area contributed by atoms with Crippen LogP contribution in [0.15, 0.2) is 97.3 Å². The lowest BCUT2D eigenvalue weighted by atomic mass is 10.0. The molecule has 0 atom stereocenters. The number of nitrogens with one attached hydrogen (secondary N) is 1. The van der Waals surface area contributed by atoms with Crippen LogP contribution in [-0.2, 0) is 6.42 Å². The van der Waals surface area contributed by atoms with E-state index in [1.165, 1.54) is 7.11 Å². The first-order valence-corrected chi connectivity index (χ1v) is 10.2. The molecule has 0 fully saturated rings. The molecule has 32 heavy (non-hydrogen) atoms. The van der Waals surface area contributed by atoms with Gasteiger partial charge in [-0.1, -0.05) is 42.5 Å². The number of hydrogen-bond acceptors (Lipinski definition) is 4. The quantitative estimate of drug-likeness (QED) is 0.403. The van der Waals surface area contributed by atoms with Gasteiger partial charge in [0.25, 0.3) is 5.91 Å². The first-order valence-electron chi connectivity index (χ1n) is 10.2. The van der Waals surface area contributed by atoms with E-state index in [1.807, 2.05) is 42.5 Å². The van der Waals surface area contributed by atoms with Crippen molar-refractivity contribution in [3.63, 3.8) is 0 Å². The average molecular weight is 422 g/mol. The normalized spacial score (nSPS) is 10.4. The number of pyridine rings is 1. The summed E-state index contributed by atoms with van der Waals surface area (Å²) in [6, 6.07) is 26.1. The molecule has 5 nitrogen and oxygen atoms in total. The summed E-state index contributed by atoms with van der Waals surface area (Å²) in [6.07, 6.45) is 3.52. The Bertz CT molecular complexity index is 1220. The Morgan fingerprint density at radius 2 is 1.53 bits per heavy atom. The van der Waals surface area contributed by atoms with Gasteiger partial charge in [-0.2, -0.15) is 0 Å². The molecule has 0 unspecified atom stereocenters. The number of benzene rings is 3. The monoisotopic (exact) mass is 422 g/mol. The van der Waals surface area contributed by atoms with Gasteiger partial charge in [0.05, 0.1) is 12.7 Å². The van der Waals surface area contributed by atoms with Crippen molar-refractivity contribution in [1.82, 2.24) is 4.98 Å². The van der Waals surface area contributed by atoms with Crippen LogP contribution in [0.25, 0.3) is 11.1 Å². The summed E-state index contributed by atoms with van der Waals surface area (Å²) in [5.41, 5.74) is 4.47. The number of carbonyl (C=O) groups excluding carboxylic acids is 2. The van der Waals surface area contributed by atoms with Crippen LogP contribution >= 0.6 is 0 Å². The van der Waals surface area contributed by atoms with Crippen molar-refractivity contribution in [2.75, 3.05) is 12.4 Å². The summed E-state index contributed by atoms with van der Waals surface area (Å²) in [5.74, 6) is 0.118. The Balaban J connectivity index is 1.51. The second kappa shape index (κ2) is 9.71. The third-order valence-corrected chi connectivity index (χ3v) is 5.13. The number of ether oxygens (including phenoxy) is 1. The highest BCUT2D eigenvalue weighted by molar-refractivity contribution is 6.06. The lowest BCUT2D eigenvalue weighted by molar-refractivity contribution is 0.0987. The van der Waals surface area contributed by atoms with E-state index in [0.29, 0.717) is 22.6 Å². The van der Waals surface area contributed by atoms with Crippen LogP contribution in [0.5, 0.6) is 5.75 Å². The number of carbonyl (C=O) groups is 2. The lowest BCUT2D eigenvalue weighted by Crippen LogP contribution is -2.13. The van der Waals surface area contributed by atoms with Gasteiger partial charge >= 0.3 is 0 Å². The van der Waals surface area contributed by atoms with Crippen molar-refractivity contribution in [2.24, 2.45) is 0 Å². The number of anilines is 1. The van der Waals surface area contributed by atoms with Gasteiger partial charge in [0.1, 0.15) is 5.75 Å². The first-order chi connectivity index (χ1) is 15.6. The maximum absolute atomic E-state index is 12.9. The largest absolute Gasteiger partial charge is 0.496 e. The zero-order valence-corrected chi connectivity index (χ0v) is 17.6. The number of hydrogen-bond donors (Lipinski definition) is 1. The van der Waals surface area contributed by atoms with Crippen LogP contribution in [0.3, 0.4) is 0 Å². The Morgan fingerprint density at radius 1 is 0.844 bits per heavy atom. The summed E-state index contributed by atoms with van der Waals surface area (Å²) in [5, 5.41) is 2.87. The van der Waals surface area contributed by atoms with E-state index in [-0.39, 0.29) is 18.1 Å². The van der Waals surface area contributed by atoms with Gasteiger partial charge in [0.2, 0.25) is 0 Å². The molecule has 1 amide bonds. The maximum atomic E-state index is 12.9. The molecule has 5 heteroatoms. The molecule has 0 radical (unpaired) electrons. The van der Waals surface area contributed by atoms with Gasteiger partial charge in [-0.05, 0) is 59.2 Å². The minimum absolute atomic E-state index is 0.101. The molecule has 0 bridgehead atoms. The summed E-state index contributed by atoms with van der Waals surface area (Å²) in [6.45, 7) is 0. The molecule has 1 aromatic heterocycles. The number of Topliss-reactive ketones (excluding diaryl/α,β-unsaturated/α-hetero) is 1. The second-order valence-electron chi connectivity index (χ2n) is 7.27. The number of methoxy groups -OCH3 is 1. The fourth-order valence-corrected chi connectivity index (χ4v) is 3.43. The van der Waals surface area contributed by atoms with Crippen LogP contribution in [0.4, 0.5) is 5.69 Å². The summed E-state index contributed by atoms with van der Waals surface area (Å²) >= 11 is 0. The molecule has 0 saturated heterocycles. The summed E-state index contributed by atoms with van der Waals surface area (Å²) in [4.78, 5) is 29.6. The Labute approximate surface area is 186 Å². The van der Waals surface area contributed by atoms with Crippen LogP contribution in [0, 0.1) is 0 Å². The minimum Gasteiger partial charge on any atom is -0.496 e. The molecule has 0 aliphatic carbocycles. The molecule has 0 saturated carbocycles. The third-order valence-electron chi connectivity index (χ3n) is 5.13. The van der Waals surface area contributed by atoms with E-state index in [0.717, 1.165) is 16.7 Å². The van der Waals surface area contributed by atoms with E-state index in [9.17, 15) is 9.59 Å². The second-order valence-corrected chi connectivity index (χ2v) is 7.27. The lowest BCUT2D eigenvalue weighted by Gasteiger charge is -2.12. The number of aromatic nitrogens is 1. The van der Waals surface area contributed by atoms with Crippen molar-refractivity contribution in [3.05, 3.63) is 114 Å². The molecule has 0 aliphatic rings. The Hall–Kier alpha value is -4.25. The highest BCUT2D eigenvalue weighted by Crippen LogP contribution is 2.25. The molecule has 3 aromatic carbocycles. The first kappa shape index (κ1) is 21.0. The highest BCUT2D eigenvalue weighted by Gasteiger charge is 2.15. The van der Waals surface area contributed by atoms with Gasteiger partial charge in [0.15, 0.2) is 5.78 Å². The maximum Gasteiger partial charge on any atom is 0.255 e. The van der Waals surface area contributed by atoms with E-state index >= 15 is 0 Å². The standard InChI is InChI=1S/C27H22N2O3/c1-32-26-12-11-23(18-24(26)25(30)17-19-13-15-28-16-14-19)29-27(31)22-9-7-21(8-10-22)20-5-3-2-4-6-20/h2-16,18H,17H2,1H3,(H,29,31). The van der Waals surface area contributed by atoms with E-state index in [4.69, 9.17) is 4.74 Å². The fourth-order valence-electron chi connectivity index (χ4n) is 3.43. The number of nitrogens with zero attached hydrogens (tertiary/aromatic N) is 1. The van der Waals surface area contributed by atoms with Crippen LogP contribution in [0.1, 0.15) is 26.3 Å². The predicted molar refractivity (Wildman–Crippen MR) is 125 cm³/mol. The van der Waals surface area contributed by atoms with Gasteiger partial charge in [-0.15, -0.1) is 0 Å². The number of rotatable bonds is 7. The van der Waals surface area contributed by atoms with Crippen LogP contribution in [0.2, 0.25) is 0 Å². The van der Waals surface area contributed by atoms with Crippen molar-refractivity contribution < 1.29 is 14.3 Å². The Morgan fingerprint density at radius 3 is 2.22 bits per heavy atom. The number of ketones is 1. The van der Waals surface area contributed by atoms with Crippen LogP contribution in [-0.4, -0.2) is 23.8 Å². The van der Waals surface area contributed by atoms with E-state index in [2.05, 4.69) is 10.3 Å². The highest BCUT2D eigenvalue weighted by atomic mass is 16.5. The smallest absolute Gasteiger partial charge is 0.255 e. The van der Waals surface area contributed by atoms with Crippen molar-refractivity contribution in [1.29, 1.82) is 0 Å². The molecular weight excluding hydrogens is 400 g/mol. The molecule has 0 aliphatic heterocycles. The summed E-state index contributed by atoms with van der Waals surface area (Å²) in [7, 11) is 1.52. The fraction of sp³-hybridized carbons (Fsp3) is 0.0741. The molecule has 1 N–H and O–H groups in total.